The first-order valence-electron chi connectivity index (χ1n) is 22.9. The Balaban J connectivity index is 0.866. The van der Waals surface area contributed by atoms with Crippen LogP contribution in [0.15, 0.2) is 145 Å². The lowest BCUT2D eigenvalue weighted by Gasteiger charge is -2.27. The van der Waals surface area contributed by atoms with Crippen molar-refractivity contribution in [3.05, 3.63) is 201 Å². The number of nitrogens with zero attached hydrogens (tertiary/aromatic N) is 3. The van der Waals surface area contributed by atoms with Crippen molar-refractivity contribution in [2.24, 2.45) is 5.73 Å². The lowest BCUT2D eigenvalue weighted by Crippen LogP contribution is -2.30. The maximum absolute atomic E-state index is 7.33. The molecule has 3 atom stereocenters. The number of hydrogen-bond acceptors (Lipinski definition) is 2. The second kappa shape index (κ2) is 15.1. The van der Waals surface area contributed by atoms with E-state index < -0.39 is 6.29 Å². The highest BCUT2D eigenvalue weighted by atomic mass is 15.3. The van der Waals surface area contributed by atoms with Crippen LogP contribution >= 0.6 is 0 Å². The van der Waals surface area contributed by atoms with Crippen molar-refractivity contribution >= 4 is 57.4 Å². The van der Waals surface area contributed by atoms with Gasteiger partial charge in [0.25, 0.3) is 0 Å². The molecule has 5 heteroatoms. The molecule has 0 amide bonds. The minimum Gasteiger partial charge on any atom is -0.352 e. The quantitative estimate of drug-likeness (QED) is 0.151. The Kier molecular flexibility index (Phi) is 9.07. The fourth-order valence-corrected chi connectivity index (χ4v) is 11.6. The molecule has 3 heterocycles. The van der Waals surface area contributed by atoms with Gasteiger partial charge in [0.2, 0.25) is 0 Å². The van der Waals surface area contributed by atoms with Crippen molar-refractivity contribution in [2.75, 3.05) is 5.32 Å². The number of fused-ring (bicyclic) bond motifs is 9. The molecule has 0 saturated carbocycles. The van der Waals surface area contributed by atoms with Crippen molar-refractivity contribution in [2.45, 2.75) is 82.6 Å². The number of anilines is 1. The van der Waals surface area contributed by atoms with Crippen LogP contribution in [0.1, 0.15) is 113 Å². The first kappa shape index (κ1) is 37.2. The minimum atomic E-state index is -0.430. The number of nitrogens with two attached hydrogens (primary N) is 1. The van der Waals surface area contributed by atoms with Crippen LogP contribution in [0.4, 0.5) is 5.69 Å². The first-order valence-corrected chi connectivity index (χ1v) is 22.9. The predicted molar refractivity (Wildman–Crippen MR) is 261 cm³/mol. The maximum atomic E-state index is 7.33. The van der Waals surface area contributed by atoms with Crippen LogP contribution in [0.2, 0.25) is 0 Å². The molecular weight excluding hydrogens is 755 g/mol. The van der Waals surface area contributed by atoms with Crippen molar-refractivity contribution < 1.29 is 0 Å². The fourth-order valence-electron chi connectivity index (χ4n) is 11.6. The summed E-state index contributed by atoms with van der Waals surface area (Å²) < 4.78 is 7.62. The van der Waals surface area contributed by atoms with E-state index in [0.717, 1.165) is 86.6 Å². The van der Waals surface area contributed by atoms with Crippen LogP contribution in [0.25, 0.3) is 51.7 Å². The highest BCUT2D eigenvalue weighted by Crippen LogP contribution is 2.44. The molecule has 0 fully saturated rings. The summed E-state index contributed by atoms with van der Waals surface area (Å²) in [4.78, 5) is 0. The number of benzene rings is 3. The zero-order valence-corrected chi connectivity index (χ0v) is 35.4. The summed E-state index contributed by atoms with van der Waals surface area (Å²) >= 11 is 0. The van der Waals surface area contributed by atoms with Gasteiger partial charge in [0.15, 0.2) is 6.29 Å². The lowest BCUT2D eigenvalue weighted by atomic mass is 9.84. The molecule has 3 N–H and O–H groups in total. The van der Waals surface area contributed by atoms with E-state index in [4.69, 9.17) is 12.3 Å². The molecule has 3 aromatic carbocycles. The first-order chi connectivity index (χ1) is 30.6. The predicted octanol–water partition coefficient (Wildman–Crippen LogP) is 13.4. The number of allylic oxidation sites excluding steroid dienone is 12. The molecule has 62 heavy (non-hydrogen) atoms. The van der Waals surface area contributed by atoms with Crippen molar-refractivity contribution in [1.29, 1.82) is 0 Å². The lowest BCUT2D eigenvalue weighted by molar-refractivity contribution is 0.537. The summed E-state index contributed by atoms with van der Waals surface area (Å²) in [6.45, 7) is 4.73. The van der Waals surface area contributed by atoms with Crippen LogP contribution in [0, 0.1) is 0 Å². The van der Waals surface area contributed by atoms with Gasteiger partial charge in [-0.25, -0.2) is 0 Å². The van der Waals surface area contributed by atoms with Gasteiger partial charge >= 0.3 is 0 Å². The summed E-state index contributed by atoms with van der Waals surface area (Å²) in [5.74, 6) is 0. The summed E-state index contributed by atoms with van der Waals surface area (Å²) in [7, 11) is 0. The molecule has 0 bridgehead atoms. The van der Waals surface area contributed by atoms with Gasteiger partial charge in [0, 0.05) is 78.1 Å². The molecule has 6 aliphatic carbocycles. The van der Waals surface area contributed by atoms with Crippen molar-refractivity contribution in [1.82, 2.24) is 13.7 Å². The van der Waals surface area contributed by atoms with Gasteiger partial charge in [-0.15, -0.1) is 0 Å². The topological polar surface area (TPSA) is 52.8 Å². The Morgan fingerprint density at radius 2 is 1.23 bits per heavy atom. The molecule has 12 rings (SSSR count). The van der Waals surface area contributed by atoms with Gasteiger partial charge in [-0.2, -0.15) is 0 Å². The maximum Gasteiger partial charge on any atom is 0.156 e. The number of hydrogen-bond donors (Lipinski definition) is 2. The van der Waals surface area contributed by atoms with Crippen LogP contribution < -0.4 is 11.1 Å². The Morgan fingerprint density at radius 3 is 1.98 bits per heavy atom. The molecule has 306 valence electrons. The van der Waals surface area contributed by atoms with E-state index in [9.17, 15) is 0 Å². The summed E-state index contributed by atoms with van der Waals surface area (Å²) in [6.07, 6.45) is 42.3. The smallest absolute Gasteiger partial charge is 0.156 e. The second-order valence-electron chi connectivity index (χ2n) is 17.9. The number of rotatable bonds is 8. The monoisotopic (exact) mass is 807 g/mol. The molecule has 5 nitrogen and oxygen atoms in total. The van der Waals surface area contributed by atoms with E-state index in [-0.39, 0.29) is 0 Å². The molecule has 6 aliphatic rings. The summed E-state index contributed by atoms with van der Waals surface area (Å²) in [5, 5.41) is 6.48. The third-order valence-corrected chi connectivity index (χ3v) is 14.4. The van der Waals surface area contributed by atoms with Gasteiger partial charge in [-0.05, 0) is 123 Å². The normalized spacial score (nSPS) is 20.1. The van der Waals surface area contributed by atoms with E-state index in [1.165, 1.54) is 78.0 Å². The van der Waals surface area contributed by atoms with Crippen molar-refractivity contribution in [3.8, 4) is 0 Å². The van der Waals surface area contributed by atoms with Gasteiger partial charge in [0.1, 0.15) is 0 Å². The SMILES string of the molecule is C=C(c1ccc2c(c1)c1c(n2C2C=CC=CC2)CCC=C1)c1ccccc1NC(N)n1c2c(c3c1CCC(C1=Cc4c(n(C5C=CC=CC5)c5ccccc45)CC1)=C3)C=CCC2. The number of para-hydroxylation sites is 2. The second-order valence-corrected chi connectivity index (χ2v) is 17.9. The van der Waals surface area contributed by atoms with Gasteiger partial charge in [-0.3, -0.25) is 5.73 Å². The summed E-state index contributed by atoms with van der Waals surface area (Å²) in [6, 6.07) is 25.2. The van der Waals surface area contributed by atoms with E-state index in [1.54, 1.807) is 0 Å². The standard InChI is InChI=1S/C57H53N5/c1-37(38-28-31-54-47(34-38)44-21-9-13-25-51(44)60(54)41-16-4-2-5-17-41)43-20-8-12-24-50(43)59-57(58)62-53-27-15-11-23-46(53)49-36-40(30-33-56(49)62)39-29-32-55-48(35-39)45-22-10-14-26-52(45)61(55)42-18-6-3-7-19-42/h2-12,14,16,18,20-24,26,28,31,34-36,41-42,57,59H,1,13,15,17,19,25,27,29-30,32-33,58H2. The highest BCUT2D eigenvalue weighted by molar-refractivity contribution is 5.97. The Labute approximate surface area is 364 Å². The van der Waals surface area contributed by atoms with Crippen LogP contribution in [-0.4, -0.2) is 13.7 Å². The Hall–Kier alpha value is -6.56. The molecule has 0 aliphatic heterocycles. The molecule has 3 aromatic heterocycles. The average molecular weight is 808 g/mol. The third-order valence-electron chi connectivity index (χ3n) is 14.4. The van der Waals surface area contributed by atoms with E-state index in [2.05, 4.69) is 171 Å². The van der Waals surface area contributed by atoms with Crippen LogP contribution in [0.5, 0.6) is 0 Å². The van der Waals surface area contributed by atoms with Crippen LogP contribution in [0.3, 0.4) is 0 Å². The van der Waals surface area contributed by atoms with Gasteiger partial charge in [0.05, 0.1) is 12.1 Å². The summed E-state index contributed by atoms with van der Waals surface area (Å²) in [5.41, 5.74) is 28.2. The molecular formula is C57H53N5. The average Bonchev–Trinajstić information content (AvgIpc) is 3.97. The van der Waals surface area contributed by atoms with E-state index in [0.29, 0.717) is 12.1 Å². The Bertz CT molecular complexity index is 3100. The molecule has 6 aromatic rings. The number of aromatic nitrogens is 3. The molecule has 0 radical (unpaired) electrons. The zero-order chi connectivity index (χ0) is 41.3. The molecule has 0 spiro atoms. The highest BCUT2D eigenvalue weighted by Gasteiger charge is 2.30. The zero-order valence-electron chi connectivity index (χ0n) is 35.4. The van der Waals surface area contributed by atoms with E-state index in [1.807, 2.05) is 0 Å². The Morgan fingerprint density at radius 1 is 0.597 bits per heavy atom. The largest absolute Gasteiger partial charge is 0.352 e. The third kappa shape index (κ3) is 6.00. The fraction of sp³-hybridized carbons (Fsp3) is 0.228. The molecule has 3 unspecified atom stereocenters. The van der Waals surface area contributed by atoms with Crippen LogP contribution in [-0.2, 0) is 25.7 Å². The van der Waals surface area contributed by atoms with E-state index >= 15 is 0 Å². The van der Waals surface area contributed by atoms with Gasteiger partial charge < -0.3 is 19.0 Å². The molecule has 0 saturated heterocycles. The minimum absolute atomic E-state index is 0.342. The van der Waals surface area contributed by atoms with Crippen molar-refractivity contribution in [3.63, 3.8) is 0 Å². The van der Waals surface area contributed by atoms with Gasteiger partial charge in [-0.1, -0.05) is 122 Å². The number of nitrogens with one attached hydrogen (secondary N) is 1.